The van der Waals surface area contributed by atoms with E-state index in [0.29, 0.717) is 11.9 Å². The van der Waals surface area contributed by atoms with Crippen LogP contribution in [-0.4, -0.2) is 42.6 Å². The van der Waals surface area contributed by atoms with E-state index in [-0.39, 0.29) is 0 Å². The molecule has 3 nitrogen and oxygen atoms in total. The van der Waals surface area contributed by atoms with Crippen LogP contribution in [0.2, 0.25) is 0 Å². The number of hydrogen-bond donors (Lipinski definition) is 0. The van der Waals surface area contributed by atoms with E-state index in [4.69, 9.17) is 11.6 Å². The van der Waals surface area contributed by atoms with Gasteiger partial charge in [-0.2, -0.15) is 0 Å². The third-order valence-electron chi connectivity index (χ3n) is 3.56. The smallest absolute Gasteiger partial charge is 0.133 e. The van der Waals surface area contributed by atoms with Gasteiger partial charge in [-0.3, -0.25) is 4.90 Å². The van der Waals surface area contributed by atoms with Gasteiger partial charge >= 0.3 is 0 Å². The van der Waals surface area contributed by atoms with Gasteiger partial charge in [-0.15, -0.1) is 11.6 Å². The Hall–Kier alpha value is -0.800. The molecule has 0 aromatic carbocycles. The van der Waals surface area contributed by atoms with Crippen molar-refractivity contribution >= 4 is 17.4 Å². The van der Waals surface area contributed by atoms with Crippen molar-refractivity contribution in [3.05, 3.63) is 23.9 Å². The molecule has 0 spiro atoms. The number of rotatable bonds is 3. The predicted octanol–water partition coefficient (Wildman–Crippen LogP) is 2.35. The maximum atomic E-state index is 5.97. The van der Waals surface area contributed by atoms with Crippen LogP contribution in [0.15, 0.2) is 18.3 Å². The molecule has 4 heteroatoms. The van der Waals surface area contributed by atoms with Crippen LogP contribution >= 0.6 is 11.6 Å². The summed E-state index contributed by atoms with van der Waals surface area (Å²) in [6, 6.07) is 4.64. The lowest BCUT2D eigenvalue weighted by Crippen LogP contribution is -2.51. The van der Waals surface area contributed by atoms with Crippen molar-refractivity contribution in [3.8, 4) is 0 Å². The second-order valence-electron chi connectivity index (χ2n) is 4.61. The van der Waals surface area contributed by atoms with Crippen LogP contribution in [0.1, 0.15) is 18.9 Å². The van der Waals surface area contributed by atoms with Gasteiger partial charge in [0.25, 0.3) is 0 Å². The van der Waals surface area contributed by atoms with Gasteiger partial charge in [-0.1, -0.05) is 13.0 Å². The summed E-state index contributed by atoms with van der Waals surface area (Å²) in [5.74, 6) is 1.60. The van der Waals surface area contributed by atoms with Crippen LogP contribution in [-0.2, 0) is 5.88 Å². The molecule has 1 aromatic rings. The zero-order valence-electron chi connectivity index (χ0n) is 10.6. The summed E-state index contributed by atoms with van der Waals surface area (Å²) in [7, 11) is 2.20. The predicted molar refractivity (Wildman–Crippen MR) is 72.7 cm³/mol. The molecule has 1 unspecified atom stereocenters. The second kappa shape index (κ2) is 5.69. The molecule has 0 N–H and O–H groups in total. The highest BCUT2D eigenvalue weighted by molar-refractivity contribution is 6.17. The molecule has 1 atom stereocenters. The fraction of sp³-hybridized carbons (Fsp3) is 0.615. The Kier molecular flexibility index (Phi) is 4.24. The van der Waals surface area contributed by atoms with Crippen molar-refractivity contribution in [1.82, 2.24) is 9.88 Å². The van der Waals surface area contributed by atoms with Gasteiger partial charge in [0.15, 0.2) is 0 Å². The fourth-order valence-electron chi connectivity index (χ4n) is 2.40. The molecule has 1 fully saturated rings. The molecule has 2 rings (SSSR count). The number of halogens is 1. The van der Waals surface area contributed by atoms with Crippen molar-refractivity contribution in [2.24, 2.45) is 0 Å². The molecule has 1 aromatic heterocycles. The minimum Gasteiger partial charge on any atom is -0.354 e. The summed E-state index contributed by atoms with van der Waals surface area (Å²) in [4.78, 5) is 9.29. The molecule has 1 aliphatic rings. The first-order valence-electron chi connectivity index (χ1n) is 6.21. The minimum atomic E-state index is 0.534. The zero-order chi connectivity index (χ0) is 12.3. The average Bonchev–Trinajstić information content (AvgIpc) is 2.39. The number of piperazine rings is 1. The molecule has 0 amide bonds. The van der Waals surface area contributed by atoms with Crippen LogP contribution in [0.4, 0.5) is 5.82 Å². The highest BCUT2D eigenvalue weighted by atomic mass is 35.5. The SMILES string of the molecule is CCC1CN(c2ncccc2CCl)CCN1C. The maximum Gasteiger partial charge on any atom is 0.133 e. The lowest BCUT2D eigenvalue weighted by Gasteiger charge is -2.40. The van der Waals surface area contributed by atoms with Gasteiger partial charge in [-0.05, 0) is 19.5 Å². The van der Waals surface area contributed by atoms with Gasteiger partial charge in [0, 0.05) is 37.4 Å². The molecule has 0 bridgehead atoms. The summed E-state index contributed by atoms with van der Waals surface area (Å²) in [5, 5.41) is 0. The second-order valence-corrected chi connectivity index (χ2v) is 4.88. The Morgan fingerprint density at radius 1 is 1.47 bits per heavy atom. The Labute approximate surface area is 108 Å². The van der Waals surface area contributed by atoms with Gasteiger partial charge in [0.1, 0.15) is 5.82 Å². The summed E-state index contributed by atoms with van der Waals surface area (Å²) < 4.78 is 0. The highest BCUT2D eigenvalue weighted by Crippen LogP contribution is 2.22. The van der Waals surface area contributed by atoms with E-state index < -0.39 is 0 Å². The fourth-order valence-corrected chi connectivity index (χ4v) is 2.61. The largest absolute Gasteiger partial charge is 0.354 e. The van der Waals surface area contributed by atoms with Gasteiger partial charge < -0.3 is 4.90 Å². The Bertz CT molecular complexity index is 369. The number of likely N-dealkylation sites (N-methyl/N-ethyl adjacent to an activating group) is 1. The number of pyridine rings is 1. The first kappa shape index (κ1) is 12.7. The molecule has 1 saturated heterocycles. The summed E-state index contributed by atoms with van der Waals surface area (Å²) in [6.07, 6.45) is 3.03. The van der Waals surface area contributed by atoms with Crippen molar-refractivity contribution in [2.45, 2.75) is 25.3 Å². The molecule has 0 radical (unpaired) electrons. The van der Waals surface area contributed by atoms with E-state index in [0.717, 1.165) is 31.0 Å². The molecule has 1 aliphatic heterocycles. The number of anilines is 1. The zero-order valence-corrected chi connectivity index (χ0v) is 11.3. The molecule has 0 saturated carbocycles. The van der Waals surface area contributed by atoms with E-state index >= 15 is 0 Å². The van der Waals surface area contributed by atoms with Crippen molar-refractivity contribution in [3.63, 3.8) is 0 Å². The van der Waals surface area contributed by atoms with Crippen LogP contribution < -0.4 is 4.90 Å². The molecular formula is C13H20ClN3. The highest BCUT2D eigenvalue weighted by Gasteiger charge is 2.24. The first-order chi connectivity index (χ1) is 8.26. The van der Waals surface area contributed by atoms with E-state index in [1.807, 2.05) is 12.3 Å². The molecular weight excluding hydrogens is 234 g/mol. The lowest BCUT2D eigenvalue weighted by molar-refractivity contribution is 0.213. The molecule has 0 aliphatic carbocycles. The van der Waals surface area contributed by atoms with E-state index in [9.17, 15) is 0 Å². The average molecular weight is 254 g/mol. The van der Waals surface area contributed by atoms with Crippen LogP contribution in [0.5, 0.6) is 0 Å². The topological polar surface area (TPSA) is 19.4 Å². The lowest BCUT2D eigenvalue weighted by atomic mass is 10.1. The van der Waals surface area contributed by atoms with Crippen molar-refractivity contribution in [2.75, 3.05) is 31.6 Å². The number of alkyl halides is 1. The number of hydrogen-bond acceptors (Lipinski definition) is 3. The third-order valence-corrected chi connectivity index (χ3v) is 3.85. The summed E-state index contributed by atoms with van der Waals surface area (Å²) in [5.41, 5.74) is 1.13. The van der Waals surface area contributed by atoms with Crippen molar-refractivity contribution < 1.29 is 0 Å². The summed E-state index contributed by atoms with van der Waals surface area (Å²) >= 11 is 5.97. The number of aromatic nitrogens is 1. The standard InChI is InChI=1S/C13H20ClN3/c1-3-12-10-17(8-7-16(12)2)13-11(9-14)5-4-6-15-13/h4-6,12H,3,7-10H2,1-2H3. The van der Waals surface area contributed by atoms with E-state index in [1.165, 1.54) is 6.42 Å². The molecule has 17 heavy (non-hydrogen) atoms. The van der Waals surface area contributed by atoms with E-state index in [1.54, 1.807) is 0 Å². The van der Waals surface area contributed by atoms with Gasteiger partial charge in [-0.25, -0.2) is 4.98 Å². The Morgan fingerprint density at radius 2 is 2.29 bits per heavy atom. The first-order valence-corrected chi connectivity index (χ1v) is 6.74. The number of nitrogens with zero attached hydrogens (tertiary/aromatic N) is 3. The van der Waals surface area contributed by atoms with Crippen LogP contribution in [0.3, 0.4) is 0 Å². The third kappa shape index (κ3) is 2.72. The quantitative estimate of drug-likeness (QED) is 0.771. The monoisotopic (exact) mass is 253 g/mol. The molecule has 94 valence electrons. The summed E-state index contributed by atoms with van der Waals surface area (Å²) in [6.45, 7) is 5.42. The van der Waals surface area contributed by atoms with Crippen molar-refractivity contribution in [1.29, 1.82) is 0 Å². The Balaban J connectivity index is 2.17. The Morgan fingerprint density at radius 3 is 3.00 bits per heavy atom. The van der Waals surface area contributed by atoms with Crippen LogP contribution in [0.25, 0.3) is 0 Å². The van der Waals surface area contributed by atoms with E-state index in [2.05, 4.69) is 34.8 Å². The minimum absolute atomic E-state index is 0.534. The van der Waals surface area contributed by atoms with Crippen LogP contribution in [0, 0.1) is 0 Å². The van der Waals surface area contributed by atoms with Gasteiger partial charge in [0.2, 0.25) is 0 Å². The van der Waals surface area contributed by atoms with Gasteiger partial charge in [0.05, 0.1) is 5.88 Å². The maximum absolute atomic E-state index is 5.97. The normalized spacial score (nSPS) is 21.8. The molecule has 2 heterocycles.